The first-order chi connectivity index (χ1) is 9.43. The molecule has 108 valence electrons. The van der Waals surface area contributed by atoms with E-state index in [0.29, 0.717) is 23.6 Å². The minimum absolute atomic E-state index is 0.165. The van der Waals surface area contributed by atoms with Gasteiger partial charge in [-0.25, -0.2) is 0 Å². The van der Waals surface area contributed by atoms with Crippen molar-refractivity contribution < 1.29 is 19.4 Å². The molecule has 1 unspecified atom stereocenters. The summed E-state index contributed by atoms with van der Waals surface area (Å²) < 4.78 is 5.24. The van der Waals surface area contributed by atoms with E-state index in [4.69, 9.17) is 21.4 Å². The molecule has 1 aliphatic rings. The van der Waals surface area contributed by atoms with Gasteiger partial charge < -0.3 is 15.2 Å². The van der Waals surface area contributed by atoms with E-state index in [1.807, 2.05) is 13.0 Å². The predicted octanol–water partition coefficient (Wildman–Crippen LogP) is 2.01. The molecule has 1 aromatic carbocycles. The van der Waals surface area contributed by atoms with E-state index < -0.39 is 11.5 Å². The van der Waals surface area contributed by atoms with Crippen molar-refractivity contribution in [3.05, 3.63) is 34.3 Å². The first kappa shape index (κ1) is 14.8. The summed E-state index contributed by atoms with van der Waals surface area (Å²) in [6.45, 7) is 2.45. The Hall–Kier alpha value is -1.59. The number of aliphatic carboxylic acids is 1. The van der Waals surface area contributed by atoms with Crippen molar-refractivity contribution in [2.45, 2.75) is 25.3 Å². The van der Waals surface area contributed by atoms with Gasteiger partial charge in [-0.15, -0.1) is 0 Å². The molecule has 1 heterocycles. The molecule has 0 bridgehead atoms. The van der Waals surface area contributed by atoms with Crippen LogP contribution in [0, 0.1) is 6.92 Å². The highest BCUT2D eigenvalue weighted by molar-refractivity contribution is 6.34. The van der Waals surface area contributed by atoms with Crippen LogP contribution in [0.4, 0.5) is 0 Å². The molecule has 0 saturated carbocycles. The highest BCUT2D eigenvalue weighted by Crippen LogP contribution is 2.25. The van der Waals surface area contributed by atoms with Gasteiger partial charge in [-0.3, -0.25) is 9.59 Å². The Morgan fingerprint density at radius 3 is 2.85 bits per heavy atom. The molecule has 0 radical (unpaired) electrons. The first-order valence-electron chi connectivity index (χ1n) is 6.31. The van der Waals surface area contributed by atoms with Gasteiger partial charge in [-0.05, 0) is 25.0 Å². The van der Waals surface area contributed by atoms with Crippen LogP contribution in [0.5, 0.6) is 0 Å². The molecule has 0 spiro atoms. The number of rotatable bonds is 4. The second-order valence-electron chi connectivity index (χ2n) is 5.04. The summed E-state index contributed by atoms with van der Waals surface area (Å²) in [5, 5.41) is 12.2. The van der Waals surface area contributed by atoms with Crippen molar-refractivity contribution in [2.24, 2.45) is 0 Å². The van der Waals surface area contributed by atoms with E-state index in [1.165, 1.54) is 0 Å². The van der Waals surface area contributed by atoms with E-state index in [1.54, 1.807) is 12.1 Å². The third-order valence-corrected chi connectivity index (χ3v) is 3.91. The molecule has 1 atom stereocenters. The summed E-state index contributed by atoms with van der Waals surface area (Å²) in [7, 11) is 0. The van der Waals surface area contributed by atoms with Gasteiger partial charge in [0, 0.05) is 6.61 Å². The summed E-state index contributed by atoms with van der Waals surface area (Å²) in [4.78, 5) is 23.3. The Morgan fingerprint density at radius 2 is 2.25 bits per heavy atom. The van der Waals surface area contributed by atoms with Gasteiger partial charge in [0.2, 0.25) is 0 Å². The molecule has 20 heavy (non-hydrogen) atoms. The zero-order chi connectivity index (χ0) is 14.8. The van der Waals surface area contributed by atoms with Crippen molar-refractivity contribution in [1.29, 1.82) is 0 Å². The fourth-order valence-electron chi connectivity index (χ4n) is 2.31. The van der Waals surface area contributed by atoms with Crippen LogP contribution in [-0.4, -0.2) is 35.7 Å². The first-order valence-corrected chi connectivity index (χ1v) is 6.68. The summed E-state index contributed by atoms with van der Waals surface area (Å²) in [6, 6.07) is 5.17. The number of nitrogens with one attached hydrogen (secondary N) is 1. The van der Waals surface area contributed by atoms with Crippen molar-refractivity contribution >= 4 is 23.5 Å². The second-order valence-corrected chi connectivity index (χ2v) is 5.42. The standard InChI is InChI=1S/C14H16ClNO4/c1-9-3-2-4-10(12(9)15)13(19)16-14(7-11(17)18)5-6-20-8-14/h2-4H,5-8H2,1H3,(H,16,19)(H,17,18). The van der Waals surface area contributed by atoms with Crippen LogP contribution < -0.4 is 5.32 Å². The largest absolute Gasteiger partial charge is 0.481 e. The van der Waals surface area contributed by atoms with E-state index in [2.05, 4.69) is 5.32 Å². The van der Waals surface area contributed by atoms with Gasteiger partial charge in [0.1, 0.15) is 0 Å². The maximum Gasteiger partial charge on any atom is 0.305 e. The predicted molar refractivity (Wildman–Crippen MR) is 74.1 cm³/mol. The van der Waals surface area contributed by atoms with Crippen molar-refractivity contribution in [2.75, 3.05) is 13.2 Å². The fraction of sp³-hybridized carbons (Fsp3) is 0.429. The molecular formula is C14H16ClNO4. The number of benzene rings is 1. The van der Waals surface area contributed by atoms with Crippen molar-refractivity contribution in [3.8, 4) is 0 Å². The normalized spacial score (nSPS) is 21.7. The van der Waals surface area contributed by atoms with E-state index in [-0.39, 0.29) is 18.9 Å². The highest BCUT2D eigenvalue weighted by atomic mass is 35.5. The molecule has 1 fully saturated rings. The number of aryl methyl sites for hydroxylation is 1. The van der Waals surface area contributed by atoms with Gasteiger partial charge in [0.15, 0.2) is 0 Å². The number of halogens is 1. The second kappa shape index (κ2) is 5.81. The average molecular weight is 298 g/mol. The van der Waals surface area contributed by atoms with Gasteiger partial charge in [0.05, 0.1) is 29.2 Å². The molecule has 1 aromatic rings. The molecule has 1 aliphatic heterocycles. The zero-order valence-electron chi connectivity index (χ0n) is 11.1. The SMILES string of the molecule is Cc1cccc(C(=O)NC2(CC(=O)O)CCOC2)c1Cl. The molecular weight excluding hydrogens is 282 g/mol. The number of carboxylic acids is 1. The van der Waals surface area contributed by atoms with Gasteiger partial charge in [-0.1, -0.05) is 23.7 Å². The number of ether oxygens (including phenoxy) is 1. The van der Waals surface area contributed by atoms with E-state index in [0.717, 1.165) is 5.56 Å². The zero-order valence-corrected chi connectivity index (χ0v) is 11.9. The van der Waals surface area contributed by atoms with Crippen molar-refractivity contribution in [3.63, 3.8) is 0 Å². The molecule has 2 N–H and O–H groups in total. The Kier molecular flexibility index (Phi) is 4.30. The van der Waals surface area contributed by atoms with Crippen LogP contribution in [0.25, 0.3) is 0 Å². The number of amides is 1. The van der Waals surface area contributed by atoms with Crippen LogP contribution in [0.1, 0.15) is 28.8 Å². The lowest BCUT2D eigenvalue weighted by Gasteiger charge is -2.27. The molecule has 1 saturated heterocycles. The van der Waals surface area contributed by atoms with Crippen LogP contribution in [0.3, 0.4) is 0 Å². The molecule has 0 aliphatic carbocycles. The van der Waals surface area contributed by atoms with Crippen LogP contribution in [-0.2, 0) is 9.53 Å². The molecule has 0 aromatic heterocycles. The van der Waals surface area contributed by atoms with Gasteiger partial charge in [-0.2, -0.15) is 0 Å². The minimum atomic E-state index is -0.967. The highest BCUT2D eigenvalue weighted by Gasteiger charge is 2.39. The van der Waals surface area contributed by atoms with Crippen molar-refractivity contribution in [1.82, 2.24) is 5.32 Å². The molecule has 1 amide bonds. The third-order valence-electron chi connectivity index (χ3n) is 3.41. The third kappa shape index (κ3) is 3.11. The van der Waals surface area contributed by atoms with Crippen LogP contribution in [0.2, 0.25) is 5.02 Å². The van der Waals surface area contributed by atoms with E-state index >= 15 is 0 Å². The quantitative estimate of drug-likeness (QED) is 0.891. The smallest absolute Gasteiger partial charge is 0.305 e. The maximum absolute atomic E-state index is 12.3. The summed E-state index contributed by atoms with van der Waals surface area (Å²) >= 11 is 6.12. The number of hydrogen-bond acceptors (Lipinski definition) is 3. The minimum Gasteiger partial charge on any atom is -0.481 e. The van der Waals surface area contributed by atoms with Gasteiger partial charge >= 0.3 is 5.97 Å². The number of hydrogen-bond donors (Lipinski definition) is 2. The Morgan fingerprint density at radius 1 is 1.50 bits per heavy atom. The lowest BCUT2D eigenvalue weighted by molar-refractivity contribution is -0.138. The Balaban J connectivity index is 2.20. The number of carbonyl (C=O) groups is 2. The van der Waals surface area contributed by atoms with E-state index in [9.17, 15) is 9.59 Å². The average Bonchev–Trinajstić information content (AvgIpc) is 2.79. The summed E-state index contributed by atoms with van der Waals surface area (Å²) in [5.41, 5.74) is 0.299. The summed E-state index contributed by atoms with van der Waals surface area (Å²) in [6.07, 6.45) is 0.316. The molecule has 5 nitrogen and oxygen atoms in total. The summed E-state index contributed by atoms with van der Waals surface area (Å²) in [5.74, 6) is -1.34. The monoisotopic (exact) mass is 297 g/mol. The Labute approximate surface area is 121 Å². The number of carbonyl (C=O) groups excluding carboxylic acids is 1. The maximum atomic E-state index is 12.3. The molecule has 6 heteroatoms. The van der Waals surface area contributed by atoms with Crippen LogP contribution in [0.15, 0.2) is 18.2 Å². The lowest BCUT2D eigenvalue weighted by Crippen LogP contribution is -2.50. The van der Waals surface area contributed by atoms with Crippen LogP contribution >= 0.6 is 11.6 Å². The topological polar surface area (TPSA) is 75.6 Å². The lowest BCUT2D eigenvalue weighted by atomic mass is 9.93. The number of carboxylic acid groups (broad SMARTS) is 1. The fourth-order valence-corrected chi connectivity index (χ4v) is 2.52. The van der Waals surface area contributed by atoms with Gasteiger partial charge in [0.25, 0.3) is 5.91 Å². The molecule has 2 rings (SSSR count). The Bertz CT molecular complexity index is 538.